The van der Waals surface area contributed by atoms with Crippen molar-refractivity contribution in [3.8, 4) is 0 Å². The van der Waals surface area contributed by atoms with Crippen molar-refractivity contribution in [1.29, 1.82) is 0 Å². The van der Waals surface area contributed by atoms with Crippen molar-refractivity contribution >= 4 is 23.1 Å². The molecule has 0 aromatic heterocycles. The van der Waals surface area contributed by atoms with Crippen molar-refractivity contribution in [2.45, 2.75) is 6.10 Å². The lowest BCUT2D eigenvalue weighted by atomic mass is 9.99. The van der Waals surface area contributed by atoms with Crippen LogP contribution < -0.4 is 5.73 Å². The summed E-state index contributed by atoms with van der Waals surface area (Å²) in [4.78, 5) is 12.1. The first kappa shape index (κ1) is 12.6. The number of carbonyl (C=O) groups excluding carboxylic acids is 1. The van der Waals surface area contributed by atoms with Gasteiger partial charge >= 0.3 is 0 Å². The van der Waals surface area contributed by atoms with E-state index in [1.165, 1.54) is 6.07 Å². The van der Waals surface area contributed by atoms with Crippen LogP contribution >= 0.6 is 11.6 Å². The Morgan fingerprint density at radius 2 is 1.83 bits per heavy atom. The summed E-state index contributed by atoms with van der Waals surface area (Å²) in [6.45, 7) is 0. The maximum atomic E-state index is 12.1. The van der Waals surface area contributed by atoms with Gasteiger partial charge in [-0.15, -0.1) is 0 Å². The van der Waals surface area contributed by atoms with E-state index in [1.807, 2.05) is 6.07 Å². The first-order valence-electron chi connectivity index (χ1n) is 5.42. The van der Waals surface area contributed by atoms with Crippen LogP contribution in [0.3, 0.4) is 0 Å². The van der Waals surface area contributed by atoms with Gasteiger partial charge in [-0.1, -0.05) is 41.9 Å². The molecule has 0 fully saturated rings. The molecule has 0 amide bonds. The minimum absolute atomic E-state index is 0.230. The Kier molecular flexibility index (Phi) is 3.65. The van der Waals surface area contributed by atoms with E-state index in [9.17, 15) is 9.90 Å². The number of benzene rings is 2. The summed E-state index contributed by atoms with van der Waals surface area (Å²) in [6.07, 6.45) is -1.23. The fourth-order valence-corrected chi connectivity index (χ4v) is 1.88. The maximum Gasteiger partial charge on any atom is 0.197 e. The largest absolute Gasteiger partial charge is 0.399 e. The standard InChI is InChI=1S/C14H12ClNO2/c15-12-7-6-10(16)8-11(12)14(18)13(17)9-4-2-1-3-5-9/h1-8,13,17H,16H2. The van der Waals surface area contributed by atoms with E-state index >= 15 is 0 Å². The fourth-order valence-electron chi connectivity index (χ4n) is 1.67. The summed E-state index contributed by atoms with van der Waals surface area (Å²) in [5, 5.41) is 10.3. The molecule has 0 radical (unpaired) electrons. The van der Waals surface area contributed by atoms with Crippen LogP contribution in [0.5, 0.6) is 0 Å². The minimum atomic E-state index is -1.23. The summed E-state index contributed by atoms with van der Waals surface area (Å²) in [5.41, 5.74) is 6.80. The molecule has 0 aliphatic carbocycles. The summed E-state index contributed by atoms with van der Waals surface area (Å²) in [7, 11) is 0. The molecule has 0 aliphatic rings. The normalized spacial score (nSPS) is 12.1. The van der Waals surface area contributed by atoms with Gasteiger partial charge in [0.15, 0.2) is 5.78 Å². The number of rotatable bonds is 3. The Hall–Kier alpha value is -1.84. The summed E-state index contributed by atoms with van der Waals surface area (Å²) in [5.74, 6) is -0.460. The molecule has 2 aromatic rings. The van der Waals surface area contributed by atoms with Gasteiger partial charge in [0.1, 0.15) is 6.10 Å². The molecule has 4 heteroatoms. The van der Waals surface area contributed by atoms with E-state index in [-0.39, 0.29) is 10.6 Å². The number of anilines is 1. The average molecular weight is 262 g/mol. The zero-order valence-electron chi connectivity index (χ0n) is 9.51. The number of carbonyl (C=O) groups is 1. The van der Waals surface area contributed by atoms with Crippen LogP contribution in [0, 0.1) is 0 Å². The molecule has 0 saturated heterocycles. The second-order valence-corrected chi connectivity index (χ2v) is 4.32. The van der Waals surface area contributed by atoms with Crippen molar-refractivity contribution in [2.75, 3.05) is 5.73 Å². The highest BCUT2D eigenvalue weighted by Gasteiger charge is 2.21. The van der Waals surface area contributed by atoms with Crippen LogP contribution in [0.15, 0.2) is 48.5 Å². The summed E-state index contributed by atoms with van der Waals surface area (Å²) in [6, 6.07) is 13.3. The van der Waals surface area contributed by atoms with Crippen LogP contribution in [-0.2, 0) is 0 Å². The summed E-state index contributed by atoms with van der Waals surface area (Å²) >= 11 is 5.94. The van der Waals surface area contributed by atoms with Crippen molar-refractivity contribution in [3.05, 3.63) is 64.7 Å². The lowest BCUT2D eigenvalue weighted by molar-refractivity contribution is 0.0747. The SMILES string of the molecule is Nc1ccc(Cl)c(C(=O)C(O)c2ccccc2)c1. The average Bonchev–Trinajstić information content (AvgIpc) is 2.41. The Balaban J connectivity index is 2.34. The van der Waals surface area contributed by atoms with Gasteiger partial charge in [0.05, 0.1) is 5.02 Å². The number of hydrogen-bond donors (Lipinski definition) is 2. The first-order chi connectivity index (χ1) is 8.59. The predicted octanol–water partition coefficient (Wildman–Crippen LogP) is 2.84. The molecule has 0 aliphatic heterocycles. The van der Waals surface area contributed by atoms with Gasteiger partial charge in [0, 0.05) is 11.3 Å². The third-order valence-corrected chi connectivity index (χ3v) is 2.95. The minimum Gasteiger partial charge on any atom is -0.399 e. The van der Waals surface area contributed by atoms with E-state index in [0.29, 0.717) is 11.3 Å². The topological polar surface area (TPSA) is 63.3 Å². The smallest absolute Gasteiger partial charge is 0.197 e. The van der Waals surface area contributed by atoms with E-state index < -0.39 is 11.9 Å². The number of halogens is 1. The Morgan fingerprint density at radius 3 is 2.50 bits per heavy atom. The third kappa shape index (κ3) is 2.53. The molecule has 0 heterocycles. The predicted molar refractivity (Wildman–Crippen MR) is 71.6 cm³/mol. The molecular formula is C14H12ClNO2. The second-order valence-electron chi connectivity index (χ2n) is 3.92. The molecule has 0 saturated carbocycles. The number of aliphatic hydroxyl groups excluding tert-OH is 1. The maximum absolute atomic E-state index is 12.1. The van der Waals surface area contributed by atoms with E-state index in [1.54, 1.807) is 36.4 Å². The van der Waals surface area contributed by atoms with Gasteiger partial charge in [-0.3, -0.25) is 4.79 Å². The van der Waals surface area contributed by atoms with E-state index in [0.717, 1.165) is 0 Å². The highest BCUT2D eigenvalue weighted by Crippen LogP contribution is 2.25. The third-order valence-electron chi connectivity index (χ3n) is 2.62. The summed E-state index contributed by atoms with van der Waals surface area (Å²) < 4.78 is 0. The highest BCUT2D eigenvalue weighted by molar-refractivity contribution is 6.34. The lowest BCUT2D eigenvalue weighted by Crippen LogP contribution is -2.13. The Labute approximate surface area is 110 Å². The van der Waals surface area contributed by atoms with Crippen molar-refractivity contribution < 1.29 is 9.90 Å². The molecule has 18 heavy (non-hydrogen) atoms. The number of aliphatic hydroxyl groups is 1. The zero-order chi connectivity index (χ0) is 13.1. The molecule has 3 N–H and O–H groups in total. The Morgan fingerprint density at radius 1 is 1.17 bits per heavy atom. The molecule has 2 rings (SSSR count). The highest BCUT2D eigenvalue weighted by atomic mass is 35.5. The van der Waals surface area contributed by atoms with Gasteiger partial charge in [0.2, 0.25) is 0 Å². The van der Waals surface area contributed by atoms with E-state index in [2.05, 4.69) is 0 Å². The number of nitrogen functional groups attached to an aromatic ring is 1. The van der Waals surface area contributed by atoms with Gasteiger partial charge in [-0.05, 0) is 23.8 Å². The molecule has 1 unspecified atom stereocenters. The van der Waals surface area contributed by atoms with Gasteiger partial charge in [-0.25, -0.2) is 0 Å². The van der Waals surface area contributed by atoms with Crippen LogP contribution in [-0.4, -0.2) is 10.9 Å². The molecule has 3 nitrogen and oxygen atoms in total. The van der Waals surface area contributed by atoms with Crippen molar-refractivity contribution in [3.63, 3.8) is 0 Å². The van der Waals surface area contributed by atoms with Crippen molar-refractivity contribution in [1.82, 2.24) is 0 Å². The number of ketones is 1. The monoisotopic (exact) mass is 261 g/mol. The first-order valence-corrected chi connectivity index (χ1v) is 5.79. The molecule has 2 aromatic carbocycles. The van der Waals surface area contributed by atoms with Crippen molar-refractivity contribution in [2.24, 2.45) is 0 Å². The molecule has 92 valence electrons. The van der Waals surface area contributed by atoms with Crippen LogP contribution in [0.4, 0.5) is 5.69 Å². The number of Topliss-reactive ketones (excluding diaryl/α,β-unsaturated/α-hetero) is 1. The lowest BCUT2D eigenvalue weighted by Gasteiger charge is -2.11. The van der Waals surface area contributed by atoms with Crippen LogP contribution in [0.2, 0.25) is 5.02 Å². The van der Waals surface area contributed by atoms with E-state index in [4.69, 9.17) is 17.3 Å². The van der Waals surface area contributed by atoms with Gasteiger partial charge < -0.3 is 10.8 Å². The quantitative estimate of drug-likeness (QED) is 0.660. The molecule has 0 bridgehead atoms. The molecular weight excluding hydrogens is 250 g/mol. The zero-order valence-corrected chi connectivity index (χ0v) is 10.3. The fraction of sp³-hybridized carbons (Fsp3) is 0.0714. The Bertz CT molecular complexity index is 569. The van der Waals surface area contributed by atoms with Crippen LogP contribution in [0.1, 0.15) is 22.0 Å². The molecule has 1 atom stereocenters. The van der Waals surface area contributed by atoms with Gasteiger partial charge in [0.25, 0.3) is 0 Å². The molecule has 0 spiro atoms. The number of nitrogens with two attached hydrogens (primary N) is 1. The van der Waals surface area contributed by atoms with Crippen LogP contribution in [0.25, 0.3) is 0 Å². The van der Waals surface area contributed by atoms with Gasteiger partial charge in [-0.2, -0.15) is 0 Å². The second kappa shape index (κ2) is 5.21. The number of hydrogen-bond acceptors (Lipinski definition) is 3.